The van der Waals surface area contributed by atoms with Gasteiger partial charge < -0.3 is 15.2 Å². The standard InChI is InChI=1S/C16H14ClNO4S/c17-11-7-10(4-5-12(11)22-8-15(19)20)18-16(21)14-6-9-2-1-3-13(9)23-14/h4-7H,1-3,8H2,(H,18,21)(H,19,20). The van der Waals surface area contributed by atoms with E-state index in [9.17, 15) is 9.59 Å². The number of fused-ring (bicyclic) bond motifs is 1. The van der Waals surface area contributed by atoms with Crippen LogP contribution < -0.4 is 10.1 Å². The van der Waals surface area contributed by atoms with Gasteiger partial charge in [0.15, 0.2) is 6.61 Å². The number of hydrogen-bond acceptors (Lipinski definition) is 4. The topological polar surface area (TPSA) is 75.6 Å². The Labute approximate surface area is 141 Å². The summed E-state index contributed by atoms with van der Waals surface area (Å²) in [5, 5.41) is 11.6. The molecule has 5 nitrogen and oxygen atoms in total. The number of ether oxygens (including phenoxy) is 1. The van der Waals surface area contributed by atoms with Gasteiger partial charge in [-0.15, -0.1) is 11.3 Å². The summed E-state index contributed by atoms with van der Waals surface area (Å²) >= 11 is 7.57. The van der Waals surface area contributed by atoms with Crippen molar-refractivity contribution in [3.8, 4) is 5.75 Å². The molecule has 2 N–H and O–H groups in total. The second-order valence-corrected chi connectivity index (χ2v) is 6.74. The molecule has 3 rings (SSSR count). The maximum Gasteiger partial charge on any atom is 0.341 e. The maximum absolute atomic E-state index is 12.3. The number of amides is 1. The average Bonchev–Trinajstić information content (AvgIpc) is 3.07. The van der Waals surface area contributed by atoms with E-state index in [-0.39, 0.29) is 16.7 Å². The number of anilines is 1. The molecule has 0 bridgehead atoms. The van der Waals surface area contributed by atoms with Crippen molar-refractivity contribution in [3.05, 3.63) is 44.6 Å². The monoisotopic (exact) mass is 351 g/mol. The first-order chi connectivity index (χ1) is 11.0. The Morgan fingerprint density at radius 2 is 2.13 bits per heavy atom. The van der Waals surface area contributed by atoms with E-state index in [2.05, 4.69) is 5.32 Å². The first kappa shape index (κ1) is 15.8. The van der Waals surface area contributed by atoms with Crippen LogP contribution in [-0.2, 0) is 17.6 Å². The quantitative estimate of drug-likeness (QED) is 0.862. The Bertz CT molecular complexity index is 750. The molecule has 0 spiro atoms. The van der Waals surface area contributed by atoms with Crippen molar-refractivity contribution in [1.29, 1.82) is 0 Å². The van der Waals surface area contributed by atoms with Gasteiger partial charge >= 0.3 is 5.97 Å². The van der Waals surface area contributed by atoms with Crippen molar-refractivity contribution in [2.45, 2.75) is 19.3 Å². The van der Waals surface area contributed by atoms with Crippen LogP contribution in [0.1, 0.15) is 26.5 Å². The van der Waals surface area contributed by atoms with Gasteiger partial charge in [0.2, 0.25) is 0 Å². The smallest absolute Gasteiger partial charge is 0.341 e. The third-order valence-corrected chi connectivity index (χ3v) is 5.04. The minimum Gasteiger partial charge on any atom is -0.480 e. The molecule has 0 aliphatic heterocycles. The molecule has 1 heterocycles. The molecule has 2 aromatic rings. The second-order valence-electron chi connectivity index (χ2n) is 5.19. The highest BCUT2D eigenvalue weighted by molar-refractivity contribution is 7.14. The lowest BCUT2D eigenvalue weighted by Crippen LogP contribution is -2.11. The van der Waals surface area contributed by atoms with Gasteiger partial charge in [0.05, 0.1) is 9.90 Å². The number of carbonyl (C=O) groups is 2. The number of carboxylic acid groups (broad SMARTS) is 1. The number of aliphatic carboxylic acids is 1. The average molecular weight is 352 g/mol. The van der Waals surface area contributed by atoms with Gasteiger partial charge in [0.1, 0.15) is 5.75 Å². The van der Waals surface area contributed by atoms with E-state index >= 15 is 0 Å². The molecule has 1 aliphatic carbocycles. The van der Waals surface area contributed by atoms with E-state index in [1.807, 2.05) is 6.07 Å². The summed E-state index contributed by atoms with van der Waals surface area (Å²) in [6.45, 7) is -0.466. The highest BCUT2D eigenvalue weighted by atomic mass is 35.5. The number of halogens is 1. The molecule has 0 unspecified atom stereocenters. The van der Waals surface area contributed by atoms with Gasteiger partial charge in [-0.05, 0) is 49.1 Å². The van der Waals surface area contributed by atoms with E-state index in [1.54, 1.807) is 6.07 Å². The van der Waals surface area contributed by atoms with Gasteiger partial charge in [0, 0.05) is 10.6 Å². The first-order valence-electron chi connectivity index (χ1n) is 7.10. The molecule has 1 amide bonds. The molecule has 7 heteroatoms. The fourth-order valence-electron chi connectivity index (χ4n) is 2.47. The van der Waals surface area contributed by atoms with E-state index in [0.717, 1.165) is 19.3 Å². The number of aryl methyl sites for hydroxylation is 2. The summed E-state index contributed by atoms with van der Waals surface area (Å²) in [5.74, 6) is -0.981. The lowest BCUT2D eigenvalue weighted by atomic mass is 10.2. The predicted octanol–water partition coefficient (Wildman–Crippen LogP) is 3.61. The molecule has 0 atom stereocenters. The number of benzene rings is 1. The second kappa shape index (κ2) is 6.60. The zero-order valence-electron chi connectivity index (χ0n) is 12.1. The van der Waals surface area contributed by atoms with E-state index in [0.29, 0.717) is 10.6 Å². The zero-order chi connectivity index (χ0) is 16.4. The van der Waals surface area contributed by atoms with Crippen LogP contribution in [0.4, 0.5) is 5.69 Å². The van der Waals surface area contributed by atoms with Gasteiger partial charge in [-0.2, -0.15) is 0 Å². The maximum atomic E-state index is 12.3. The highest BCUT2D eigenvalue weighted by Crippen LogP contribution is 2.32. The normalized spacial score (nSPS) is 12.7. The third-order valence-electron chi connectivity index (χ3n) is 3.51. The van der Waals surface area contributed by atoms with Gasteiger partial charge in [0.25, 0.3) is 5.91 Å². The SMILES string of the molecule is O=C(O)COc1ccc(NC(=O)c2cc3c(s2)CCC3)cc1Cl. The molecule has 120 valence electrons. The molecule has 1 aromatic heterocycles. The van der Waals surface area contributed by atoms with Crippen LogP contribution >= 0.6 is 22.9 Å². The number of thiophene rings is 1. The summed E-state index contributed by atoms with van der Waals surface area (Å²) < 4.78 is 5.04. The van der Waals surface area contributed by atoms with Crippen LogP contribution in [0.5, 0.6) is 5.75 Å². The lowest BCUT2D eigenvalue weighted by molar-refractivity contribution is -0.139. The van der Waals surface area contributed by atoms with Crippen LogP contribution in [0, 0.1) is 0 Å². The minimum atomic E-state index is -1.08. The number of carbonyl (C=O) groups excluding carboxylic acids is 1. The van der Waals surface area contributed by atoms with Crippen molar-refractivity contribution >= 4 is 40.5 Å². The fourth-order valence-corrected chi connectivity index (χ4v) is 3.85. The van der Waals surface area contributed by atoms with Crippen LogP contribution in [0.25, 0.3) is 0 Å². The Morgan fingerprint density at radius 1 is 1.30 bits per heavy atom. The van der Waals surface area contributed by atoms with Crippen molar-refractivity contribution in [1.82, 2.24) is 0 Å². The molecule has 23 heavy (non-hydrogen) atoms. The number of carboxylic acids is 1. The summed E-state index contributed by atoms with van der Waals surface area (Å²) in [6.07, 6.45) is 3.26. The lowest BCUT2D eigenvalue weighted by Gasteiger charge is -2.08. The Hall–Kier alpha value is -2.05. The minimum absolute atomic E-state index is 0.167. The van der Waals surface area contributed by atoms with Gasteiger partial charge in [-0.3, -0.25) is 4.79 Å². The fraction of sp³-hybridized carbons (Fsp3) is 0.250. The van der Waals surface area contributed by atoms with Gasteiger partial charge in [-0.25, -0.2) is 4.79 Å². The molecule has 0 saturated carbocycles. The van der Waals surface area contributed by atoms with E-state index in [4.69, 9.17) is 21.4 Å². The largest absolute Gasteiger partial charge is 0.480 e. The number of rotatable bonds is 5. The Morgan fingerprint density at radius 3 is 2.83 bits per heavy atom. The van der Waals surface area contributed by atoms with Crippen molar-refractivity contribution in [2.75, 3.05) is 11.9 Å². The summed E-state index contributed by atoms with van der Waals surface area (Å²) in [7, 11) is 0. The molecule has 1 aliphatic rings. The number of hydrogen-bond donors (Lipinski definition) is 2. The summed E-state index contributed by atoms with van der Waals surface area (Å²) in [4.78, 5) is 24.8. The van der Waals surface area contributed by atoms with Crippen molar-refractivity contribution < 1.29 is 19.4 Å². The molecular formula is C16H14ClNO4S. The number of nitrogens with one attached hydrogen (secondary N) is 1. The Kier molecular flexibility index (Phi) is 4.54. The van der Waals surface area contributed by atoms with E-state index in [1.165, 1.54) is 33.9 Å². The molecule has 1 aromatic carbocycles. The summed E-state index contributed by atoms with van der Waals surface area (Å²) in [6, 6.07) is 6.66. The molecule has 0 radical (unpaired) electrons. The molecular weight excluding hydrogens is 338 g/mol. The predicted molar refractivity (Wildman–Crippen MR) is 88.9 cm³/mol. The highest BCUT2D eigenvalue weighted by Gasteiger charge is 2.18. The van der Waals surface area contributed by atoms with Crippen molar-refractivity contribution in [3.63, 3.8) is 0 Å². The van der Waals surface area contributed by atoms with Crippen molar-refractivity contribution in [2.24, 2.45) is 0 Å². The first-order valence-corrected chi connectivity index (χ1v) is 8.29. The van der Waals surface area contributed by atoms with Crippen LogP contribution in [-0.4, -0.2) is 23.6 Å². The zero-order valence-corrected chi connectivity index (χ0v) is 13.7. The van der Waals surface area contributed by atoms with Crippen LogP contribution in [0.2, 0.25) is 5.02 Å². The molecule has 0 fully saturated rings. The third kappa shape index (κ3) is 3.65. The molecule has 0 saturated heterocycles. The van der Waals surface area contributed by atoms with E-state index < -0.39 is 12.6 Å². The summed E-state index contributed by atoms with van der Waals surface area (Å²) in [5.41, 5.74) is 1.81. The van der Waals surface area contributed by atoms with Crippen LogP contribution in [0.15, 0.2) is 24.3 Å². The van der Waals surface area contributed by atoms with Gasteiger partial charge in [-0.1, -0.05) is 11.6 Å². The Balaban J connectivity index is 1.68. The van der Waals surface area contributed by atoms with Crippen LogP contribution in [0.3, 0.4) is 0 Å².